The zero-order valence-electron chi connectivity index (χ0n) is 8.26. The van der Waals surface area contributed by atoms with Crippen LogP contribution in [-0.4, -0.2) is 27.6 Å². The predicted molar refractivity (Wildman–Crippen MR) is 56.9 cm³/mol. The minimum Gasteiger partial charge on any atom is -0.481 e. The van der Waals surface area contributed by atoms with Gasteiger partial charge in [-0.3, -0.25) is 4.79 Å². The van der Waals surface area contributed by atoms with Gasteiger partial charge in [0.1, 0.15) is 12.2 Å². The van der Waals surface area contributed by atoms with Crippen molar-refractivity contribution in [2.45, 2.75) is 18.8 Å². The Morgan fingerprint density at radius 3 is 2.87 bits per heavy atom. The van der Waals surface area contributed by atoms with Gasteiger partial charge < -0.3 is 9.52 Å². The molecule has 1 aliphatic rings. The van der Waals surface area contributed by atoms with Crippen LogP contribution in [0.3, 0.4) is 0 Å². The fourth-order valence-corrected chi connectivity index (χ4v) is 3.14. The average Bonchev–Trinajstić information content (AvgIpc) is 2.72. The second-order valence-corrected chi connectivity index (χ2v) is 4.90. The van der Waals surface area contributed by atoms with Crippen molar-refractivity contribution in [1.82, 2.24) is 4.98 Å². The molecule has 1 N–H and O–H groups in total. The summed E-state index contributed by atoms with van der Waals surface area (Å²) in [6.45, 7) is 0. The number of carboxylic acid groups (broad SMARTS) is 1. The molecule has 2 rings (SSSR count). The first-order chi connectivity index (χ1) is 7.29. The number of carboxylic acids is 1. The van der Waals surface area contributed by atoms with Gasteiger partial charge in [0, 0.05) is 0 Å². The number of aromatic nitrogens is 1. The molecule has 82 valence electrons. The molecule has 1 fully saturated rings. The zero-order chi connectivity index (χ0) is 10.7. The van der Waals surface area contributed by atoms with Crippen molar-refractivity contribution in [3.8, 4) is 0 Å². The van der Waals surface area contributed by atoms with E-state index in [1.165, 1.54) is 12.7 Å². The van der Waals surface area contributed by atoms with Crippen molar-refractivity contribution < 1.29 is 14.3 Å². The minimum atomic E-state index is -0.791. The van der Waals surface area contributed by atoms with Crippen LogP contribution in [-0.2, 0) is 4.79 Å². The van der Waals surface area contributed by atoms with Gasteiger partial charge in [-0.2, -0.15) is 11.8 Å². The molecule has 0 aliphatic carbocycles. The van der Waals surface area contributed by atoms with Crippen molar-refractivity contribution >= 4 is 17.7 Å². The average molecular weight is 227 g/mol. The van der Waals surface area contributed by atoms with Gasteiger partial charge >= 0.3 is 5.97 Å². The van der Waals surface area contributed by atoms with Gasteiger partial charge in [-0.25, -0.2) is 4.98 Å². The highest BCUT2D eigenvalue weighted by molar-refractivity contribution is 7.99. The van der Waals surface area contributed by atoms with Crippen molar-refractivity contribution in [2.75, 3.05) is 11.5 Å². The number of hydrogen-bond acceptors (Lipinski definition) is 4. The highest BCUT2D eigenvalue weighted by Gasteiger charge is 2.32. The summed E-state index contributed by atoms with van der Waals surface area (Å²) in [6.07, 6.45) is 4.65. The Morgan fingerprint density at radius 2 is 2.33 bits per heavy atom. The van der Waals surface area contributed by atoms with Crippen LogP contribution in [0, 0.1) is 5.92 Å². The summed E-state index contributed by atoms with van der Waals surface area (Å²) in [5.74, 6) is 1.01. The molecule has 0 bridgehead atoms. The van der Waals surface area contributed by atoms with Crippen LogP contribution < -0.4 is 0 Å². The van der Waals surface area contributed by atoms with Crippen LogP contribution in [0.25, 0.3) is 0 Å². The Morgan fingerprint density at radius 1 is 1.60 bits per heavy atom. The number of oxazole rings is 1. The first-order valence-corrected chi connectivity index (χ1v) is 6.13. The third-order valence-corrected chi connectivity index (χ3v) is 3.82. The molecule has 1 unspecified atom stereocenters. The molecule has 1 aliphatic heterocycles. The summed E-state index contributed by atoms with van der Waals surface area (Å²) in [7, 11) is 0. The molecule has 0 saturated carbocycles. The van der Waals surface area contributed by atoms with Gasteiger partial charge in [-0.15, -0.1) is 0 Å². The van der Waals surface area contributed by atoms with E-state index in [4.69, 9.17) is 4.42 Å². The lowest BCUT2D eigenvalue weighted by Gasteiger charge is -2.25. The summed E-state index contributed by atoms with van der Waals surface area (Å²) in [5.41, 5.74) is 0.555. The second-order valence-electron chi connectivity index (χ2n) is 3.68. The molecule has 5 heteroatoms. The second kappa shape index (κ2) is 4.70. The molecule has 1 aromatic rings. The van der Waals surface area contributed by atoms with E-state index in [1.54, 1.807) is 0 Å². The van der Waals surface area contributed by atoms with E-state index in [9.17, 15) is 9.90 Å². The van der Waals surface area contributed by atoms with E-state index in [-0.39, 0.29) is 5.92 Å². The topological polar surface area (TPSA) is 63.3 Å². The maximum atomic E-state index is 11.2. The van der Waals surface area contributed by atoms with Crippen LogP contribution in [0.15, 0.2) is 17.1 Å². The number of hydrogen-bond donors (Lipinski definition) is 1. The molecule has 1 saturated heterocycles. The van der Waals surface area contributed by atoms with Gasteiger partial charge in [0.2, 0.25) is 0 Å². The first kappa shape index (κ1) is 10.5. The smallest absolute Gasteiger partial charge is 0.313 e. The fourth-order valence-electron chi connectivity index (χ4n) is 1.99. The Kier molecular flexibility index (Phi) is 3.30. The largest absolute Gasteiger partial charge is 0.481 e. The van der Waals surface area contributed by atoms with E-state index in [0.717, 1.165) is 24.3 Å². The van der Waals surface area contributed by atoms with E-state index >= 15 is 0 Å². The molecule has 1 aromatic heterocycles. The van der Waals surface area contributed by atoms with Crippen molar-refractivity contribution in [3.05, 3.63) is 18.4 Å². The van der Waals surface area contributed by atoms with Crippen molar-refractivity contribution in [2.24, 2.45) is 5.92 Å². The number of carbonyl (C=O) groups is 1. The summed E-state index contributed by atoms with van der Waals surface area (Å²) >= 11 is 1.89. The predicted octanol–water partition coefficient (Wildman–Crippen LogP) is 1.99. The van der Waals surface area contributed by atoms with Crippen LogP contribution >= 0.6 is 11.8 Å². The first-order valence-electron chi connectivity index (χ1n) is 4.97. The van der Waals surface area contributed by atoms with Crippen LogP contribution in [0.4, 0.5) is 0 Å². The highest BCUT2D eigenvalue weighted by Crippen LogP contribution is 2.34. The Hall–Kier alpha value is -0.970. The van der Waals surface area contributed by atoms with Crippen molar-refractivity contribution in [1.29, 1.82) is 0 Å². The van der Waals surface area contributed by atoms with Crippen LogP contribution in [0.2, 0.25) is 0 Å². The molecule has 0 radical (unpaired) electrons. The minimum absolute atomic E-state index is 0.203. The Bertz CT molecular complexity index is 319. The Labute approximate surface area is 92.1 Å². The quantitative estimate of drug-likeness (QED) is 0.855. The molecule has 15 heavy (non-hydrogen) atoms. The summed E-state index contributed by atoms with van der Waals surface area (Å²) < 4.78 is 4.86. The van der Waals surface area contributed by atoms with E-state index in [0.29, 0.717) is 5.69 Å². The zero-order valence-corrected chi connectivity index (χ0v) is 9.07. The maximum Gasteiger partial charge on any atom is 0.313 e. The molecule has 0 amide bonds. The normalized spacial score (nSPS) is 20.0. The monoisotopic (exact) mass is 227 g/mol. The Balaban J connectivity index is 2.15. The van der Waals surface area contributed by atoms with E-state index in [2.05, 4.69) is 4.98 Å². The third-order valence-electron chi connectivity index (χ3n) is 2.77. The molecule has 0 spiro atoms. The molecule has 1 atom stereocenters. The van der Waals surface area contributed by atoms with Crippen LogP contribution in [0.1, 0.15) is 24.5 Å². The van der Waals surface area contributed by atoms with Gasteiger partial charge in [-0.1, -0.05) is 0 Å². The molecule has 2 heterocycles. The van der Waals surface area contributed by atoms with Gasteiger partial charge in [0.15, 0.2) is 6.39 Å². The summed E-state index contributed by atoms with van der Waals surface area (Å²) in [5, 5.41) is 9.21. The number of aliphatic carboxylic acids is 1. The van der Waals surface area contributed by atoms with Crippen molar-refractivity contribution in [3.63, 3.8) is 0 Å². The fraction of sp³-hybridized carbons (Fsp3) is 0.600. The molecule has 0 aromatic carbocycles. The van der Waals surface area contributed by atoms with E-state index in [1.807, 2.05) is 11.8 Å². The number of thioether (sulfide) groups is 1. The summed E-state index contributed by atoms with van der Waals surface area (Å²) in [6, 6.07) is 0. The SMILES string of the molecule is O=C(O)C(c1cocn1)C1CCSCC1. The third kappa shape index (κ3) is 2.34. The molecular formula is C10H13NO3S. The van der Waals surface area contributed by atoms with Crippen LogP contribution in [0.5, 0.6) is 0 Å². The standard InChI is InChI=1S/C10H13NO3S/c12-10(13)9(8-5-14-6-11-8)7-1-3-15-4-2-7/h5-7,9H,1-4H2,(H,12,13). The van der Waals surface area contributed by atoms with Gasteiger partial charge in [-0.05, 0) is 30.3 Å². The highest BCUT2D eigenvalue weighted by atomic mass is 32.2. The lowest BCUT2D eigenvalue weighted by atomic mass is 9.85. The van der Waals surface area contributed by atoms with E-state index < -0.39 is 11.9 Å². The van der Waals surface area contributed by atoms with Gasteiger partial charge in [0.05, 0.1) is 5.69 Å². The maximum absolute atomic E-state index is 11.2. The number of rotatable bonds is 3. The lowest BCUT2D eigenvalue weighted by Crippen LogP contribution is -2.25. The lowest BCUT2D eigenvalue weighted by molar-refractivity contribution is -0.140. The molecular weight excluding hydrogens is 214 g/mol. The van der Waals surface area contributed by atoms with Gasteiger partial charge in [0.25, 0.3) is 0 Å². The number of nitrogens with zero attached hydrogens (tertiary/aromatic N) is 1. The molecule has 4 nitrogen and oxygen atoms in total. The summed E-state index contributed by atoms with van der Waals surface area (Å²) in [4.78, 5) is 15.2.